The van der Waals surface area contributed by atoms with Gasteiger partial charge in [-0.2, -0.15) is 4.31 Å². The predicted octanol–water partition coefficient (Wildman–Crippen LogP) is 4.51. The topological polar surface area (TPSA) is 103 Å². The predicted molar refractivity (Wildman–Crippen MR) is 137 cm³/mol. The van der Waals surface area contributed by atoms with Crippen LogP contribution in [0.2, 0.25) is 0 Å². The molecular formula is C27H25F5N4O4S. The third kappa shape index (κ3) is 5.37. The number of aromatic amines is 1. The van der Waals surface area contributed by atoms with Gasteiger partial charge >= 0.3 is 0 Å². The van der Waals surface area contributed by atoms with Gasteiger partial charge in [-0.05, 0) is 42.9 Å². The van der Waals surface area contributed by atoms with Gasteiger partial charge in [0.2, 0.25) is 27.3 Å². The van der Waals surface area contributed by atoms with Crippen molar-refractivity contribution in [3.8, 4) is 0 Å². The van der Waals surface area contributed by atoms with Gasteiger partial charge in [-0.15, -0.1) is 0 Å². The Morgan fingerprint density at radius 3 is 2.17 bits per heavy atom. The van der Waals surface area contributed by atoms with Gasteiger partial charge in [0.15, 0.2) is 28.2 Å². The van der Waals surface area contributed by atoms with E-state index in [1.807, 2.05) is 6.07 Å². The van der Waals surface area contributed by atoms with Gasteiger partial charge in [0.1, 0.15) is 6.04 Å². The van der Waals surface area contributed by atoms with E-state index < -0.39 is 68.1 Å². The molecule has 1 aromatic carbocycles. The average Bonchev–Trinajstić information content (AvgIpc) is 2.93. The van der Waals surface area contributed by atoms with E-state index in [9.17, 15) is 40.0 Å². The van der Waals surface area contributed by atoms with Crippen LogP contribution in [0, 0.1) is 29.1 Å². The first kappa shape index (κ1) is 28.9. The number of hydrogen-bond acceptors (Lipinski definition) is 5. The number of nitrogens with one attached hydrogen (secondary N) is 1. The van der Waals surface area contributed by atoms with Crippen molar-refractivity contribution in [3.63, 3.8) is 0 Å². The molecule has 3 heterocycles. The lowest BCUT2D eigenvalue weighted by molar-refractivity contribution is -0.125. The van der Waals surface area contributed by atoms with Crippen LogP contribution in [0.25, 0.3) is 0 Å². The maximum atomic E-state index is 14.4. The Balaban J connectivity index is 1.45. The summed E-state index contributed by atoms with van der Waals surface area (Å²) < 4.78 is 96.5. The highest BCUT2D eigenvalue weighted by Gasteiger charge is 2.48. The third-order valence-corrected chi connectivity index (χ3v) is 9.50. The minimum atomic E-state index is -5.33. The van der Waals surface area contributed by atoms with E-state index in [0.29, 0.717) is 15.9 Å². The van der Waals surface area contributed by atoms with E-state index in [0.717, 1.165) is 42.2 Å². The number of sulfonamides is 1. The molecule has 1 N–H and O–H groups in total. The molecule has 1 unspecified atom stereocenters. The van der Waals surface area contributed by atoms with Crippen LogP contribution in [0.1, 0.15) is 55.7 Å². The molecule has 1 saturated heterocycles. The zero-order valence-electron chi connectivity index (χ0n) is 21.5. The first-order chi connectivity index (χ1) is 19.5. The van der Waals surface area contributed by atoms with Gasteiger partial charge in [-0.25, -0.2) is 30.4 Å². The van der Waals surface area contributed by atoms with E-state index in [-0.39, 0.29) is 18.7 Å². The summed E-state index contributed by atoms with van der Waals surface area (Å²) in [5, 5.41) is 0. The summed E-state index contributed by atoms with van der Waals surface area (Å²) in [4.78, 5) is 31.6. The Labute approximate surface area is 231 Å². The third-order valence-electron chi connectivity index (χ3n) is 7.57. The molecule has 5 rings (SSSR count). The highest BCUT2D eigenvalue weighted by molar-refractivity contribution is 7.89. The first-order valence-corrected chi connectivity index (χ1v) is 14.4. The van der Waals surface area contributed by atoms with Gasteiger partial charge in [-0.1, -0.05) is 25.3 Å². The molecule has 8 nitrogen and oxygen atoms in total. The smallest absolute Gasteiger partial charge is 0.249 e. The molecule has 1 aliphatic heterocycles. The quantitative estimate of drug-likeness (QED) is 0.246. The van der Waals surface area contributed by atoms with Crippen LogP contribution in [-0.4, -0.2) is 41.2 Å². The van der Waals surface area contributed by atoms with Crippen LogP contribution in [0.15, 0.2) is 46.3 Å². The second kappa shape index (κ2) is 11.3. The highest BCUT2D eigenvalue weighted by Crippen LogP contribution is 2.35. The number of carbonyl (C=O) groups is 1. The standard InChI is InChI=1S/C27H25F5N4O4S/c28-21-22(29)24(31)26(25(32)23(21)30)41(39,40)36-11-9-19(36)27(38)35(18-8-10-33-20(37)12-18)14-17-7-6-16(13-34-17)15-4-2-1-3-5-15/h6-8,10,12-13,15,19H,1-5,9,11,14H2,(H,33,37). The Hall–Kier alpha value is -3.65. The lowest BCUT2D eigenvalue weighted by Gasteiger charge is -2.41. The number of amides is 1. The maximum Gasteiger partial charge on any atom is 0.249 e. The van der Waals surface area contributed by atoms with E-state index in [2.05, 4.69) is 9.97 Å². The highest BCUT2D eigenvalue weighted by atomic mass is 32.2. The zero-order valence-corrected chi connectivity index (χ0v) is 22.4. The van der Waals surface area contributed by atoms with Gasteiger partial charge in [0.05, 0.1) is 17.9 Å². The molecule has 1 saturated carbocycles. The van der Waals surface area contributed by atoms with E-state index in [1.54, 1.807) is 12.3 Å². The molecule has 0 bridgehead atoms. The second-order valence-corrected chi connectivity index (χ2v) is 11.9. The lowest BCUT2D eigenvalue weighted by atomic mass is 9.85. The van der Waals surface area contributed by atoms with Gasteiger partial charge < -0.3 is 9.88 Å². The van der Waals surface area contributed by atoms with Crippen molar-refractivity contribution in [1.29, 1.82) is 0 Å². The van der Waals surface area contributed by atoms with Crippen LogP contribution in [-0.2, 0) is 21.4 Å². The SMILES string of the molecule is O=C(C1CCN1S(=O)(=O)c1c(F)c(F)c(F)c(F)c1F)N(Cc1ccc(C2CCCCC2)cn1)c1cc[nH]c(=O)c1. The van der Waals surface area contributed by atoms with E-state index >= 15 is 0 Å². The summed E-state index contributed by atoms with van der Waals surface area (Å²) in [6, 6.07) is 4.60. The number of hydrogen-bond donors (Lipinski definition) is 1. The molecule has 1 atom stereocenters. The summed E-state index contributed by atoms with van der Waals surface area (Å²) in [5.74, 6) is -12.9. The fourth-order valence-electron chi connectivity index (χ4n) is 5.27. The molecule has 218 valence electrons. The lowest BCUT2D eigenvalue weighted by Crippen LogP contribution is -2.59. The number of benzene rings is 1. The van der Waals surface area contributed by atoms with Crippen molar-refractivity contribution in [1.82, 2.24) is 14.3 Å². The van der Waals surface area contributed by atoms with Crippen molar-refractivity contribution >= 4 is 21.6 Å². The number of nitrogens with zero attached hydrogens (tertiary/aromatic N) is 3. The van der Waals surface area contributed by atoms with Crippen molar-refractivity contribution < 1.29 is 35.2 Å². The molecule has 2 aliphatic rings. The van der Waals surface area contributed by atoms with Crippen LogP contribution < -0.4 is 10.5 Å². The number of pyridine rings is 2. The van der Waals surface area contributed by atoms with Crippen LogP contribution >= 0.6 is 0 Å². The number of aromatic nitrogens is 2. The average molecular weight is 597 g/mol. The maximum absolute atomic E-state index is 14.4. The minimum absolute atomic E-state index is 0.0948. The molecule has 0 spiro atoms. The number of H-pyrrole nitrogens is 1. The molecule has 2 fully saturated rings. The van der Waals surface area contributed by atoms with Gasteiger partial charge in [0, 0.05) is 25.0 Å². The summed E-state index contributed by atoms with van der Waals surface area (Å²) in [5.41, 5.74) is 1.02. The summed E-state index contributed by atoms with van der Waals surface area (Å²) in [6.07, 6.45) is 8.44. The Kier molecular flexibility index (Phi) is 7.97. The van der Waals surface area contributed by atoms with Crippen molar-refractivity contribution in [2.75, 3.05) is 11.4 Å². The summed E-state index contributed by atoms with van der Waals surface area (Å²) in [6.45, 7) is -0.587. The Bertz CT molecular complexity index is 1610. The normalized spacial score (nSPS) is 18.2. The second-order valence-electron chi connectivity index (χ2n) is 10.1. The number of carbonyl (C=O) groups excluding carboxylic acids is 1. The summed E-state index contributed by atoms with van der Waals surface area (Å²) >= 11 is 0. The van der Waals surface area contributed by atoms with Crippen LogP contribution in [0.3, 0.4) is 0 Å². The fraction of sp³-hybridized carbons (Fsp3) is 0.370. The largest absolute Gasteiger partial charge is 0.329 e. The first-order valence-electron chi connectivity index (χ1n) is 13.0. The fourth-order valence-corrected chi connectivity index (χ4v) is 7.02. The molecule has 3 aromatic rings. The van der Waals surface area contributed by atoms with Gasteiger partial charge in [0.25, 0.3) is 0 Å². The molecule has 41 heavy (non-hydrogen) atoms. The van der Waals surface area contributed by atoms with Gasteiger partial charge in [-0.3, -0.25) is 14.6 Å². The van der Waals surface area contributed by atoms with Crippen LogP contribution in [0.5, 0.6) is 0 Å². The molecule has 1 amide bonds. The monoisotopic (exact) mass is 596 g/mol. The van der Waals surface area contributed by atoms with E-state index in [1.165, 1.54) is 18.7 Å². The number of rotatable bonds is 7. The minimum Gasteiger partial charge on any atom is -0.329 e. The zero-order chi connectivity index (χ0) is 29.5. The Morgan fingerprint density at radius 2 is 1.61 bits per heavy atom. The van der Waals surface area contributed by atoms with Crippen molar-refractivity contribution in [3.05, 3.63) is 87.4 Å². The molecule has 2 aromatic heterocycles. The molecule has 0 radical (unpaired) electrons. The molecular weight excluding hydrogens is 571 g/mol. The number of anilines is 1. The van der Waals surface area contributed by atoms with Crippen molar-refractivity contribution in [2.24, 2.45) is 0 Å². The molecule has 1 aliphatic carbocycles. The van der Waals surface area contributed by atoms with Crippen LogP contribution in [0.4, 0.5) is 27.6 Å². The number of halogens is 5. The molecule has 14 heteroatoms. The summed E-state index contributed by atoms with van der Waals surface area (Å²) in [7, 11) is -5.33. The van der Waals surface area contributed by atoms with Crippen molar-refractivity contribution in [2.45, 2.75) is 61.9 Å². The Morgan fingerprint density at radius 1 is 0.951 bits per heavy atom. The van der Waals surface area contributed by atoms with E-state index in [4.69, 9.17) is 0 Å².